The smallest absolute Gasteiger partial charge is 0.0251 e. The summed E-state index contributed by atoms with van der Waals surface area (Å²) >= 11 is 6.02. The first-order chi connectivity index (χ1) is 8.80. The van der Waals surface area contributed by atoms with Crippen molar-refractivity contribution in [3.05, 3.63) is 35.9 Å². The number of halogens is 1. The number of hydrogen-bond donors (Lipinski definition) is 0. The molecule has 0 radical (unpaired) electrons. The van der Waals surface area contributed by atoms with Gasteiger partial charge in [-0.1, -0.05) is 30.3 Å². The van der Waals surface area contributed by atoms with Gasteiger partial charge in [-0.15, -0.1) is 11.6 Å². The molecule has 1 aromatic carbocycles. The maximum Gasteiger partial charge on any atom is 0.0251 e. The van der Waals surface area contributed by atoms with E-state index in [2.05, 4.69) is 35.2 Å². The minimum atomic E-state index is 0.605. The lowest BCUT2D eigenvalue weighted by Gasteiger charge is -2.24. The van der Waals surface area contributed by atoms with E-state index in [1.54, 1.807) is 0 Å². The molecule has 0 aromatic heterocycles. The van der Waals surface area contributed by atoms with Crippen LogP contribution in [0.4, 0.5) is 0 Å². The molecule has 1 spiro atoms. The largest absolute Gasteiger partial charge is 0.299 e. The molecule has 2 aliphatic rings. The number of hydrogen-bond acceptors (Lipinski definition) is 1. The molecule has 2 heteroatoms. The van der Waals surface area contributed by atoms with Crippen molar-refractivity contribution in [2.45, 2.75) is 32.2 Å². The highest BCUT2D eigenvalue weighted by molar-refractivity contribution is 6.18. The van der Waals surface area contributed by atoms with Crippen molar-refractivity contribution in [1.29, 1.82) is 0 Å². The number of nitrogens with zero attached hydrogens (tertiary/aromatic N) is 1. The standard InChI is InChI=1S/C16H22ClN/c17-11-15-6-7-16(10-15)8-9-18(13-16)12-14-4-2-1-3-5-14/h1-5,15H,6-13H2/t15-,16-/m1/s1. The van der Waals surface area contributed by atoms with E-state index in [0.717, 1.165) is 18.3 Å². The van der Waals surface area contributed by atoms with E-state index in [0.29, 0.717) is 5.41 Å². The molecule has 0 unspecified atom stereocenters. The second-order valence-corrected chi connectivity index (χ2v) is 6.52. The van der Waals surface area contributed by atoms with Crippen LogP contribution >= 0.6 is 11.6 Å². The quantitative estimate of drug-likeness (QED) is 0.748. The van der Waals surface area contributed by atoms with Gasteiger partial charge in [-0.05, 0) is 49.1 Å². The molecule has 1 aliphatic carbocycles. The van der Waals surface area contributed by atoms with Crippen molar-refractivity contribution in [2.24, 2.45) is 11.3 Å². The Hall–Kier alpha value is -0.530. The minimum absolute atomic E-state index is 0.605. The zero-order valence-corrected chi connectivity index (χ0v) is 11.7. The maximum atomic E-state index is 6.02. The van der Waals surface area contributed by atoms with Crippen LogP contribution in [0.2, 0.25) is 0 Å². The molecular weight excluding hydrogens is 242 g/mol. The summed E-state index contributed by atoms with van der Waals surface area (Å²) in [7, 11) is 0. The summed E-state index contributed by atoms with van der Waals surface area (Å²) in [5.41, 5.74) is 2.05. The van der Waals surface area contributed by atoms with Crippen LogP contribution in [0.1, 0.15) is 31.2 Å². The monoisotopic (exact) mass is 263 g/mol. The highest BCUT2D eigenvalue weighted by Crippen LogP contribution is 2.48. The van der Waals surface area contributed by atoms with E-state index in [9.17, 15) is 0 Å². The predicted molar refractivity (Wildman–Crippen MR) is 76.8 cm³/mol. The van der Waals surface area contributed by atoms with Crippen molar-refractivity contribution in [2.75, 3.05) is 19.0 Å². The zero-order chi connectivity index (χ0) is 12.4. The molecule has 2 fully saturated rings. The molecule has 3 rings (SSSR count). The number of benzene rings is 1. The molecule has 18 heavy (non-hydrogen) atoms. The molecule has 1 saturated carbocycles. The van der Waals surface area contributed by atoms with Crippen LogP contribution in [-0.2, 0) is 6.54 Å². The summed E-state index contributed by atoms with van der Waals surface area (Å²) in [6.07, 6.45) is 5.49. The summed E-state index contributed by atoms with van der Waals surface area (Å²) in [5, 5.41) is 0. The van der Waals surface area contributed by atoms with Gasteiger partial charge >= 0.3 is 0 Å². The zero-order valence-electron chi connectivity index (χ0n) is 10.9. The topological polar surface area (TPSA) is 3.24 Å². The summed E-state index contributed by atoms with van der Waals surface area (Å²) in [6, 6.07) is 10.8. The van der Waals surface area contributed by atoms with E-state index in [1.807, 2.05) is 0 Å². The van der Waals surface area contributed by atoms with Crippen LogP contribution in [0.5, 0.6) is 0 Å². The fourth-order valence-electron chi connectivity index (χ4n) is 3.83. The summed E-state index contributed by atoms with van der Waals surface area (Å²) < 4.78 is 0. The Kier molecular flexibility index (Phi) is 3.63. The van der Waals surface area contributed by atoms with Crippen molar-refractivity contribution in [1.82, 2.24) is 4.90 Å². The van der Waals surface area contributed by atoms with Gasteiger partial charge in [0.15, 0.2) is 0 Å². The molecule has 0 bridgehead atoms. The predicted octanol–water partition coefficient (Wildman–Crippen LogP) is 3.92. The molecule has 2 atom stereocenters. The van der Waals surface area contributed by atoms with Gasteiger partial charge in [-0.2, -0.15) is 0 Å². The van der Waals surface area contributed by atoms with Gasteiger partial charge in [0.25, 0.3) is 0 Å². The molecule has 0 N–H and O–H groups in total. The fourth-order valence-corrected chi connectivity index (χ4v) is 4.10. The van der Waals surface area contributed by atoms with E-state index in [1.165, 1.54) is 44.3 Å². The second-order valence-electron chi connectivity index (χ2n) is 6.21. The van der Waals surface area contributed by atoms with Gasteiger partial charge in [0.05, 0.1) is 0 Å². The third kappa shape index (κ3) is 2.57. The lowest BCUT2D eigenvalue weighted by Crippen LogP contribution is -2.25. The molecule has 98 valence electrons. The Bertz CT molecular complexity index is 391. The van der Waals surface area contributed by atoms with Gasteiger partial charge in [0, 0.05) is 19.0 Å². The SMILES string of the molecule is ClC[C@@H]1CC[C@@]2(CCN(Cc3ccccc3)C2)C1. The molecule has 1 heterocycles. The van der Waals surface area contributed by atoms with Crippen LogP contribution in [0.15, 0.2) is 30.3 Å². The first kappa shape index (κ1) is 12.5. The van der Waals surface area contributed by atoms with Gasteiger partial charge in [-0.3, -0.25) is 4.90 Å². The van der Waals surface area contributed by atoms with E-state index >= 15 is 0 Å². The number of likely N-dealkylation sites (tertiary alicyclic amines) is 1. The Morgan fingerprint density at radius 1 is 1.22 bits per heavy atom. The maximum absolute atomic E-state index is 6.02. The number of alkyl halides is 1. The highest BCUT2D eigenvalue weighted by atomic mass is 35.5. The molecule has 1 nitrogen and oxygen atoms in total. The van der Waals surface area contributed by atoms with Crippen molar-refractivity contribution < 1.29 is 0 Å². The van der Waals surface area contributed by atoms with Crippen molar-refractivity contribution in [3.63, 3.8) is 0 Å². The van der Waals surface area contributed by atoms with Gasteiger partial charge < -0.3 is 0 Å². The fraction of sp³-hybridized carbons (Fsp3) is 0.625. The van der Waals surface area contributed by atoms with Crippen LogP contribution in [-0.4, -0.2) is 23.9 Å². The number of rotatable bonds is 3. The van der Waals surface area contributed by atoms with Crippen LogP contribution in [0.3, 0.4) is 0 Å². The summed E-state index contributed by atoms with van der Waals surface area (Å²) in [4.78, 5) is 2.63. The third-order valence-corrected chi connectivity index (χ3v) is 5.23. The molecule has 1 saturated heterocycles. The van der Waals surface area contributed by atoms with Gasteiger partial charge in [0.2, 0.25) is 0 Å². The highest BCUT2D eigenvalue weighted by Gasteiger charge is 2.43. The first-order valence-corrected chi connectivity index (χ1v) is 7.65. The Balaban J connectivity index is 1.59. The van der Waals surface area contributed by atoms with Crippen molar-refractivity contribution >= 4 is 11.6 Å². The lowest BCUT2D eigenvalue weighted by atomic mass is 9.85. The molecular formula is C16H22ClN. The third-order valence-electron chi connectivity index (χ3n) is 4.79. The Morgan fingerprint density at radius 2 is 2.06 bits per heavy atom. The lowest BCUT2D eigenvalue weighted by molar-refractivity contribution is 0.251. The van der Waals surface area contributed by atoms with Crippen LogP contribution < -0.4 is 0 Å². The second kappa shape index (κ2) is 5.22. The average Bonchev–Trinajstić information content (AvgIpc) is 2.99. The van der Waals surface area contributed by atoms with Gasteiger partial charge in [0.1, 0.15) is 0 Å². The van der Waals surface area contributed by atoms with E-state index in [-0.39, 0.29) is 0 Å². The van der Waals surface area contributed by atoms with Crippen molar-refractivity contribution in [3.8, 4) is 0 Å². The summed E-state index contributed by atoms with van der Waals surface area (Å²) in [6.45, 7) is 3.67. The summed E-state index contributed by atoms with van der Waals surface area (Å²) in [5.74, 6) is 1.64. The molecule has 1 aromatic rings. The first-order valence-electron chi connectivity index (χ1n) is 7.12. The van der Waals surface area contributed by atoms with E-state index < -0.39 is 0 Å². The van der Waals surface area contributed by atoms with Gasteiger partial charge in [-0.25, -0.2) is 0 Å². The Labute approximate surface area is 115 Å². The average molecular weight is 264 g/mol. The normalized spacial score (nSPS) is 32.4. The molecule has 1 aliphatic heterocycles. The Morgan fingerprint density at radius 3 is 2.78 bits per heavy atom. The van der Waals surface area contributed by atoms with E-state index in [4.69, 9.17) is 11.6 Å². The van der Waals surface area contributed by atoms with Crippen LogP contribution in [0, 0.1) is 11.3 Å². The van der Waals surface area contributed by atoms with Crippen LogP contribution in [0.25, 0.3) is 0 Å². The minimum Gasteiger partial charge on any atom is -0.299 e. The molecule has 0 amide bonds.